The topological polar surface area (TPSA) is 87.7 Å². The van der Waals surface area contributed by atoms with Crippen LogP contribution in [0.25, 0.3) is 0 Å². The van der Waals surface area contributed by atoms with Crippen LogP contribution in [0.5, 0.6) is 0 Å². The van der Waals surface area contributed by atoms with Gasteiger partial charge in [0.1, 0.15) is 6.33 Å². The van der Waals surface area contributed by atoms with Gasteiger partial charge in [-0.15, -0.1) is 0 Å². The number of hydrogen-bond donors (Lipinski definition) is 2. The smallest absolute Gasteiger partial charge is 0.240 e. The lowest BCUT2D eigenvalue weighted by Crippen LogP contribution is -2.26. The SMILES string of the molecule is O=S(=O)(NCCSc1ncn[nH]1)c1ccc(F)c(F)c1. The number of sulfonamides is 1. The van der Waals surface area contributed by atoms with E-state index >= 15 is 0 Å². The van der Waals surface area contributed by atoms with Gasteiger partial charge in [0.15, 0.2) is 16.8 Å². The Morgan fingerprint density at radius 3 is 2.75 bits per heavy atom. The lowest BCUT2D eigenvalue weighted by molar-refractivity contribution is 0.504. The molecule has 0 amide bonds. The monoisotopic (exact) mass is 320 g/mol. The minimum absolute atomic E-state index is 0.118. The third-order valence-electron chi connectivity index (χ3n) is 2.23. The quantitative estimate of drug-likeness (QED) is 0.616. The molecule has 0 aliphatic rings. The van der Waals surface area contributed by atoms with Gasteiger partial charge in [-0.25, -0.2) is 26.9 Å². The number of rotatable bonds is 6. The molecule has 10 heteroatoms. The minimum atomic E-state index is -3.86. The van der Waals surface area contributed by atoms with Gasteiger partial charge in [-0.3, -0.25) is 5.10 Å². The highest BCUT2D eigenvalue weighted by atomic mass is 32.2. The van der Waals surface area contributed by atoms with Crippen LogP contribution in [0.2, 0.25) is 0 Å². The molecular weight excluding hydrogens is 310 g/mol. The maximum Gasteiger partial charge on any atom is 0.240 e. The van der Waals surface area contributed by atoms with Crippen LogP contribution in [0, 0.1) is 11.6 Å². The van der Waals surface area contributed by atoms with E-state index < -0.39 is 21.7 Å². The molecule has 2 aromatic rings. The van der Waals surface area contributed by atoms with Gasteiger partial charge >= 0.3 is 0 Å². The molecule has 108 valence electrons. The van der Waals surface area contributed by atoms with E-state index in [1.165, 1.54) is 18.1 Å². The summed E-state index contributed by atoms with van der Waals surface area (Å²) in [6, 6.07) is 2.42. The Labute approximate surface area is 118 Å². The van der Waals surface area contributed by atoms with Crippen LogP contribution in [-0.4, -0.2) is 35.9 Å². The van der Waals surface area contributed by atoms with Gasteiger partial charge in [0.25, 0.3) is 0 Å². The Bertz CT molecular complexity index is 677. The number of thioether (sulfide) groups is 1. The maximum absolute atomic E-state index is 13.0. The highest BCUT2D eigenvalue weighted by Gasteiger charge is 2.15. The normalized spacial score (nSPS) is 11.7. The molecule has 0 spiro atoms. The van der Waals surface area contributed by atoms with E-state index in [1.807, 2.05) is 0 Å². The van der Waals surface area contributed by atoms with Gasteiger partial charge < -0.3 is 0 Å². The maximum atomic E-state index is 13.0. The highest BCUT2D eigenvalue weighted by Crippen LogP contribution is 2.14. The van der Waals surface area contributed by atoms with Crippen LogP contribution >= 0.6 is 11.8 Å². The van der Waals surface area contributed by atoms with Crippen molar-refractivity contribution in [3.63, 3.8) is 0 Å². The molecule has 0 saturated heterocycles. The third-order valence-corrected chi connectivity index (χ3v) is 4.56. The molecule has 0 unspecified atom stereocenters. The molecule has 1 heterocycles. The second-order valence-corrected chi connectivity index (χ2v) is 6.46. The summed E-state index contributed by atoms with van der Waals surface area (Å²) in [5.41, 5.74) is 0. The molecule has 1 aromatic carbocycles. The van der Waals surface area contributed by atoms with Gasteiger partial charge in [-0.2, -0.15) is 5.10 Å². The van der Waals surface area contributed by atoms with E-state index in [4.69, 9.17) is 0 Å². The summed E-state index contributed by atoms with van der Waals surface area (Å²) in [5.74, 6) is -1.88. The van der Waals surface area contributed by atoms with Crippen molar-refractivity contribution < 1.29 is 17.2 Å². The van der Waals surface area contributed by atoms with Crippen LogP contribution in [0.4, 0.5) is 8.78 Å². The van der Waals surface area contributed by atoms with E-state index in [0.29, 0.717) is 17.0 Å². The molecule has 2 N–H and O–H groups in total. The van der Waals surface area contributed by atoms with Crippen molar-refractivity contribution in [3.05, 3.63) is 36.2 Å². The zero-order valence-corrected chi connectivity index (χ0v) is 11.6. The first-order valence-corrected chi connectivity index (χ1v) is 7.89. The number of hydrogen-bond acceptors (Lipinski definition) is 5. The lowest BCUT2D eigenvalue weighted by atomic mass is 10.3. The summed E-state index contributed by atoms with van der Waals surface area (Å²) in [6.07, 6.45) is 1.34. The Balaban J connectivity index is 1.92. The molecule has 0 radical (unpaired) electrons. The van der Waals surface area contributed by atoms with Gasteiger partial charge in [-0.1, -0.05) is 11.8 Å². The number of H-pyrrole nitrogens is 1. The fraction of sp³-hybridized carbons (Fsp3) is 0.200. The summed E-state index contributed by atoms with van der Waals surface area (Å²) < 4.78 is 51.6. The summed E-state index contributed by atoms with van der Waals surface area (Å²) in [5, 5.41) is 6.82. The van der Waals surface area contributed by atoms with Crippen LogP contribution in [0.1, 0.15) is 0 Å². The average Bonchev–Trinajstić information content (AvgIpc) is 2.91. The molecular formula is C10H10F2N4O2S2. The Morgan fingerprint density at radius 2 is 2.10 bits per heavy atom. The molecule has 0 saturated carbocycles. The Kier molecular flexibility index (Phi) is 4.68. The van der Waals surface area contributed by atoms with Gasteiger partial charge in [0.05, 0.1) is 4.90 Å². The predicted octanol–water partition coefficient (Wildman–Crippen LogP) is 1.15. The van der Waals surface area contributed by atoms with Crippen molar-refractivity contribution in [2.24, 2.45) is 0 Å². The van der Waals surface area contributed by atoms with Gasteiger partial charge in [-0.05, 0) is 18.2 Å². The molecule has 0 fully saturated rings. The molecule has 0 aliphatic heterocycles. The zero-order valence-electron chi connectivity index (χ0n) is 10.0. The average molecular weight is 320 g/mol. The van der Waals surface area contributed by atoms with E-state index in [9.17, 15) is 17.2 Å². The second kappa shape index (κ2) is 6.29. The third kappa shape index (κ3) is 3.74. The number of nitrogens with one attached hydrogen (secondary N) is 2. The van der Waals surface area contributed by atoms with Gasteiger partial charge in [0.2, 0.25) is 10.0 Å². The van der Waals surface area contributed by atoms with Crippen LogP contribution in [-0.2, 0) is 10.0 Å². The number of aromatic amines is 1. The predicted molar refractivity (Wildman–Crippen MR) is 68.7 cm³/mol. The minimum Gasteiger partial charge on any atom is -0.254 e. The first-order valence-electron chi connectivity index (χ1n) is 5.42. The first kappa shape index (κ1) is 14.9. The van der Waals surface area contributed by atoms with E-state index in [-0.39, 0.29) is 11.4 Å². The van der Waals surface area contributed by atoms with Crippen molar-refractivity contribution in [2.75, 3.05) is 12.3 Å². The first-order chi connectivity index (χ1) is 9.49. The van der Waals surface area contributed by atoms with Crippen molar-refractivity contribution in [1.82, 2.24) is 19.9 Å². The van der Waals surface area contributed by atoms with Crippen LogP contribution < -0.4 is 4.72 Å². The van der Waals surface area contributed by atoms with Crippen LogP contribution in [0.15, 0.2) is 34.6 Å². The summed E-state index contributed by atoms with van der Waals surface area (Å²) in [4.78, 5) is 3.54. The Morgan fingerprint density at radius 1 is 1.30 bits per heavy atom. The Hall–Kier alpha value is -1.52. The van der Waals surface area contributed by atoms with Crippen molar-refractivity contribution in [3.8, 4) is 0 Å². The van der Waals surface area contributed by atoms with Crippen LogP contribution in [0.3, 0.4) is 0 Å². The summed E-state index contributed by atoms with van der Waals surface area (Å²) in [7, 11) is -3.86. The standard InChI is InChI=1S/C10H10F2N4O2S2/c11-8-2-1-7(5-9(8)12)20(17,18)15-3-4-19-10-13-6-14-16-10/h1-2,5-6,15H,3-4H2,(H,13,14,16). The zero-order chi connectivity index (χ0) is 14.6. The molecule has 0 aliphatic carbocycles. The second-order valence-electron chi connectivity index (χ2n) is 3.61. The van der Waals surface area contributed by atoms with Crippen molar-refractivity contribution in [2.45, 2.75) is 10.1 Å². The van der Waals surface area contributed by atoms with E-state index in [2.05, 4.69) is 19.9 Å². The molecule has 2 rings (SSSR count). The molecule has 0 atom stereocenters. The largest absolute Gasteiger partial charge is 0.254 e. The van der Waals surface area contributed by atoms with Gasteiger partial charge in [0, 0.05) is 12.3 Å². The number of nitrogens with zero attached hydrogens (tertiary/aromatic N) is 2. The summed E-state index contributed by atoms with van der Waals surface area (Å²) >= 11 is 1.28. The van der Waals surface area contributed by atoms with Crippen molar-refractivity contribution in [1.29, 1.82) is 0 Å². The highest BCUT2D eigenvalue weighted by molar-refractivity contribution is 7.99. The van der Waals surface area contributed by atoms with E-state index in [1.54, 1.807) is 0 Å². The number of aromatic nitrogens is 3. The molecule has 0 bridgehead atoms. The fourth-order valence-electron chi connectivity index (χ4n) is 1.31. The fourth-order valence-corrected chi connectivity index (χ4v) is 3.12. The number of halogens is 2. The van der Waals surface area contributed by atoms with Crippen molar-refractivity contribution >= 4 is 21.8 Å². The summed E-state index contributed by atoms with van der Waals surface area (Å²) in [6.45, 7) is 0.118. The number of benzene rings is 1. The van der Waals surface area contributed by atoms with E-state index in [0.717, 1.165) is 12.1 Å². The molecule has 1 aromatic heterocycles. The molecule has 6 nitrogen and oxygen atoms in total. The lowest BCUT2D eigenvalue weighted by Gasteiger charge is -2.06. The molecule has 20 heavy (non-hydrogen) atoms.